The Bertz CT molecular complexity index is 427. The molecule has 106 valence electrons. The van der Waals surface area contributed by atoms with Crippen molar-refractivity contribution in [2.45, 2.75) is 39.7 Å². The fourth-order valence-electron chi connectivity index (χ4n) is 2.64. The van der Waals surface area contributed by atoms with Gasteiger partial charge in [0, 0.05) is 18.7 Å². The summed E-state index contributed by atoms with van der Waals surface area (Å²) in [5.41, 5.74) is 0. The van der Waals surface area contributed by atoms with Crippen molar-refractivity contribution in [3.63, 3.8) is 0 Å². The van der Waals surface area contributed by atoms with Crippen LogP contribution in [0.4, 0.5) is 5.82 Å². The number of aromatic nitrogens is 2. The van der Waals surface area contributed by atoms with Gasteiger partial charge in [-0.3, -0.25) is 9.69 Å². The van der Waals surface area contributed by atoms with E-state index in [1.54, 1.807) is 6.20 Å². The second-order valence-electron chi connectivity index (χ2n) is 5.79. The van der Waals surface area contributed by atoms with Crippen molar-refractivity contribution in [1.29, 1.82) is 0 Å². The lowest BCUT2D eigenvalue weighted by Crippen LogP contribution is -2.40. The molecule has 0 unspecified atom stereocenters. The summed E-state index contributed by atoms with van der Waals surface area (Å²) in [5.74, 6) is 1.53. The Hall–Kier alpha value is -1.36. The summed E-state index contributed by atoms with van der Waals surface area (Å²) >= 11 is 0. The molecule has 0 saturated carbocycles. The smallest absolute Gasteiger partial charge is 0.239 e. The first-order valence-corrected chi connectivity index (χ1v) is 7.12. The van der Waals surface area contributed by atoms with Crippen LogP contribution in [-0.4, -0.2) is 40.2 Å². The van der Waals surface area contributed by atoms with Crippen molar-refractivity contribution in [3.8, 4) is 0 Å². The van der Waals surface area contributed by atoms with Gasteiger partial charge in [0.1, 0.15) is 5.82 Å². The van der Waals surface area contributed by atoms with Crippen molar-refractivity contribution in [1.82, 2.24) is 14.7 Å². The Morgan fingerprint density at radius 2 is 2.37 bits per heavy atom. The topological polar surface area (TPSA) is 50.2 Å². The highest BCUT2D eigenvalue weighted by atomic mass is 16.2. The highest BCUT2D eigenvalue weighted by Gasteiger charge is 2.19. The SMILES string of the molecule is CC(C)n1nccc1NC(=O)CN1CCC[C@@H](C)C1. The zero-order valence-corrected chi connectivity index (χ0v) is 12.1. The quantitative estimate of drug-likeness (QED) is 0.906. The first-order valence-electron chi connectivity index (χ1n) is 7.12. The number of hydrogen-bond donors (Lipinski definition) is 1. The molecule has 1 aromatic heterocycles. The van der Waals surface area contributed by atoms with E-state index < -0.39 is 0 Å². The second-order valence-corrected chi connectivity index (χ2v) is 5.79. The summed E-state index contributed by atoms with van der Waals surface area (Å²) in [6.45, 7) is 8.88. The van der Waals surface area contributed by atoms with E-state index in [1.807, 2.05) is 10.7 Å². The molecule has 19 heavy (non-hydrogen) atoms. The highest BCUT2D eigenvalue weighted by Crippen LogP contribution is 2.16. The fraction of sp³-hybridized carbons (Fsp3) is 0.714. The van der Waals surface area contributed by atoms with E-state index in [9.17, 15) is 4.79 Å². The third kappa shape index (κ3) is 3.80. The van der Waals surface area contributed by atoms with Gasteiger partial charge < -0.3 is 5.32 Å². The molecule has 0 aliphatic carbocycles. The maximum absolute atomic E-state index is 12.1. The monoisotopic (exact) mass is 264 g/mol. The molecule has 1 atom stereocenters. The van der Waals surface area contributed by atoms with Crippen LogP contribution in [0, 0.1) is 5.92 Å². The standard InChI is InChI=1S/C14H24N4O/c1-11(2)18-13(6-7-15-18)16-14(19)10-17-8-4-5-12(3)9-17/h6-7,11-12H,4-5,8-10H2,1-3H3,(H,16,19)/t12-/m1/s1. The molecule has 1 fully saturated rings. The van der Waals surface area contributed by atoms with E-state index in [0.29, 0.717) is 12.5 Å². The van der Waals surface area contributed by atoms with Crippen LogP contribution in [0.1, 0.15) is 39.7 Å². The minimum Gasteiger partial charge on any atom is -0.310 e. The number of hydrogen-bond acceptors (Lipinski definition) is 3. The molecular weight excluding hydrogens is 240 g/mol. The van der Waals surface area contributed by atoms with Gasteiger partial charge in [-0.15, -0.1) is 0 Å². The molecule has 1 aliphatic heterocycles. The molecule has 1 saturated heterocycles. The highest BCUT2D eigenvalue weighted by molar-refractivity contribution is 5.91. The molecule has 0 bridgehead atoms. The Labute approximate surface area is 115 Å². The molecule has 1 amide bonds. The van der Waals surface area contributed by atoms with Crippen LogP contribution >= 0.6 is 0 Å². The van der Waals surface area contributed by atoms with Crippen molar-refractivity contribution >= 4 is 11.7 Å². The number of nitrogens with one attached hydrogen (secondary N) is 1. The summed E-state index contributed by atoms with van der Waals surface area (Å²) in [5, 5.41) is 7.17. The number of likely N-dealkylation sites (tertiary alicyclic amines) is 1. The number of carbonyl (C=O) groups is 1. The first-order chi connectivity index (χ1) is 9.06. The Kier molecular flexibility index (Phi) is 4.58. The molecule has 1 aliphatic rings. The normalized spacial score (nSPS) is 20.7. The number of amides is 1. The van der Waals surface area contributed by atoms with Gasteiger partial charge in [-0.1, -0.05) is 6.92 Å². The van der Waals surface area contributed by atoms with Gasteiger partial charge in [-0.2, -0.15) is 5.10 Å². The average Bonchev–Trinajstić information content (AvgIpc) is 2.76. The van der Waals surface area contributed by atoms with E-state index in [2.05, 4.69) is 36.1 Å². The number of anilines is 1. The number of rotatable bonds is 4. The zero-order chi connectivity index (χ0) is 13.8. The molecule has 0 aromatic carbocycles. The summed E-state index contributed by atoms with van der Waals surface area (Å²) < 4.78 is 1.83. The first kappa shape index (κ1) is 14.1. The molecule has 2 heterocycles. The predicted molar refractivity (Wildman–Crippen MR) is 76.1 cm³/mol. The lowest BCUT2D eigenvalue weighted by molar-refractivity contribution is -0.117. The minimum atomic E-state index is 0.0523. The van der Waals surface area contributed by atoms with Gasteiger partial charge in [0.25, 0.3) is 0 Å². The van der Waals surface area contributed by atoms with Crippen LogP contribution in [0.3, 0.4) is 0 Å². The van der Waals surface area contributed by atoms with Crippen LogP contribution in [0.2, 0.25) is 0 Å². The van der Waals surface area contributed by atoms with Crippen LogP contribution in [-0.2, 0) is 4.79 Å². The maximum Gasteiger partial charge on any atom is 0.239 e. The number of carbonyl (C=O) groups excluding carboxylic acids is 1. The molecular formula is C14H24N4O. The molecule has 1 aromatic rings. The van der Waals surface area contributed by atoms with Gasteiger partial charge in [0.05, 0.1) is 12.7 Å². The largest absolute Gasteiger partial charge is 0.310 e. The van der Waals surface area contributed by atoms with Crippen molar-refractivity contribution in [3.05, 3.63) is 12.3 Å². The lowest BCUT2D eigenvalue weighted by Gasteiger charge is -2.30. The second kappa shape index (κ2) is 6.19. The molecule has 1 N–H and O–H groups in total. The Morgan fingerprint density at radius 1 is 1.58 bits per heavy atom. The van der Waals surface area contributed by atoms with E-state index >= 15 is 0 Å². The van der Waals surface area contributed by atoms with E-state index in [1.165, 1.54) is 12.8 Å². The fourth-order valence-corrected chi connectivity index (χ4v) is 2.64. The van der Waals surface area contributed by atoms with Crippen LogP contribution in [0.25, 0.3) is 0 Å². The van der Waals surface area contributed by atoms with Crippen molar-refractivity contribution in [2.24, 2.45) is 5.92 Å². The van der Waals surface area contributed by atoms with Gasteiger partial charge in [0.2, 0.25) is 5.91 Å². The Balaban J connectivity index is 1.88. The third-order valence-electron chi connectivity index (χ3n) is 3.54. The third-order valence-corrected chi connectivity index (χ3v) is 3.54. The number of nitrogens with zero attached hydrogens (tertiary/aromatic N) is 3. The minimum absolute atomic E-state index is 0.0523. The zero-order valence-electron chi connectivity index (χ0n) is 12.1. The van der Waals surface area contributed by atoms with Crippen LogP contribution < -0.4 is 5.32 Å². The van der Waals surface area contributed by atoms with Crippen LogP contribution in [0.15, 0.2) is 12.3 Å². The summed E-state index contributed by atoms with van der Waals surface area (Å²) in [4.78, 5) is 14.3. The predicted octanol–water partition coefficient (Wildman–Crippen LogP) is 2.13. The molecule has 2 rings (SSSR count). The van der Waals surface area contributed by atoms with E-state index in [4.69, 9.17) is 0 Å². The van der Waals surface area contributed by atoms with Gasteiger partial charge in [-0.25, -0.2) is 4.68 Å². The Morgan fingerprint density at radius 3 is 3.05 bits per heavy atom. The van der Waals surface area contributed by atoms with Crippen LogP contribution in [0.5, 0.6) is 0 Å². The summed E-state index contributed by atoms with van der Waals surface area (Å²) in [7, 11) is 0. The molecule has 5 heteroatoms. The van der Waals surface area contributed by atoms with Gasteiger partial charge in [-0.05, 0) is 39.2 Å². The summed E-state index contributed by atoms with van der Waals surface area (Å²) in [6.07, 6.45) is 4.19. The lowest BCUT2D eigenvalue weighted by atomic mass is 10.0. The molecule has 5 nitrogen and oxygen atoms in total. The van der Waals surface area contributed by atoms with E-state index in [0.717, 1.165) is 18.9 Å². The molecule has 0 spiro atoms. The maximum atomic E-state index is 12.1. The van der Waals surface area contributed by atoms with Crippen molar-refractivity contribution in [2.75, 3.05) is 25.0 Å². The number of piperidine rings is 1. The van der Waals surface area contributed by atoms with Gasteiger partial charge >= 0.3 is 0 Å². The molecule has 0 radical (unpaired) electrons. The van der Waals surface area contributed by atoms with Gasteiger partial charge in [0.15, 0.2) is 0 Å². The van der Waals surface area contributed by atoms with Crippen molar-refractivity contribution < 1.29 is 4.79 Å². The van der Waals surface area contributed by atoms with E-state index in [-0.39, 0.29) is 11.9 Å². The summed E-state index contributed by atoms with van der Waals surface area (Å²) in [6, 6.07) is 2.09. The average molecular weight is 264 g/mol.